The lowest BCUT2D eigenvalue weighted by atomic mass is 10.3. The molecular formula is C10H8FNO3. The van der Waals surface area contributed by atoms with Gasteiger partial charge in [-0.2, -0.15) is 4.39 Å². The van der Waals surface area contributed by atoms with Gasteiger partial charge in [-0.1, -0.05) is 5.92 Å². The molecule has 1 aromatic carbocycles. The topological polar surface area (TPSA) is 52.4 Å². The van der Waals surface area contributed by atoms with Crippen molar-refractivity contribution >= 4 is 5.69 Å². The third-order valence-electron chi connectivity index (χ3n) is 1.60. The van der Waals surface area contributed by atoms with Gasteiger partial charge < -0.3 is 4.74 Å². The molecule has 0 saturated heterocycles. The molecule has 0 radical (unpaired) electrons. The fraction of sp³-hybridized carbons (Fsp3) is 0.200. The van der Waals surface area contributed by atoms with E-state index in [4.69, 9.17) is 4.74 Å². The van der Waals surface area contributed by atoms with E-state index in [0.717, 1.165) is 12.1 Å². The third-order valence-corrected chi connectivity index (χ3v) is 1.60. The van der Waals surface area contributed by atoms with E-state index in [1.807, 2.05) is 0 Å². The fourth-order valence-electron chi connectivity index (χ4n) is 0.917. The van der Waals surface area contributed by atoms with E-state index in [1.54, 1.807) is 6.92 Å². The van der Waals surface area contributed by atoms with Gasteiger partial charge in [-0.3, -0.25) is 10.1 Å². The number of benzene rings is 1. The van der Waals surface area contributed by atoms with E-state index in [1.165, 1.54) is 6.07 Å². The first kappa shape index (κ1) is 11.0. The van der Waals surface area contributed by atoms with Crippen LogP contribution in [0.1, 0.15) is 6.92 Å². The number of rotatable bonds is 3. The molecule has 5 heteroatoms. The normalized spacial score (nSPS) is 8.93. The number of halogens is 1. The predicted molar refractivity (Wildman–Crippen MR) is 52.0 cm³/mol. The highest BCUT2D eigenvalue weighted by Crippen LogP contribution is 2.21. The van der Waals surface area contributed by atoms with Crippen LogP contribution >= 0.6 is 0 Å². The van der Waals surface area contributed by atoms with Crippen LogP contribution in [0.15, 0.2) is 18.2 Å². The molecule has 0 N–H and O–H groups in total. The lowest BCUT2D eigenvalue weighted by Gasteiger charge is -2.01. The monoisotopic (exact) mass is 209 g/mol. The van der Waals surface area contributed by atoms with Crippen molar-refractivity contribution in [3.8, 4) is 17.6 Å². The van der Waals surface area contributed by atoms with Crippen molar-refractivity contribution in [2.24, 2.45) is 0 Å². The highest BCUT2D eigenvalue weighted by atomic mass is 19.1. The molecular weight excluding hydrogens is 201 g/mol. The summed E-state index contributed by atoms with van der Waals surface area (Å²) in [5, 5.41) is 10.3. The lowest BCUT2D eigenvalue weighted by molar-refractivity contribution is -0.387. The average molecular weight is 209 g/mol. The Morgan fingerprint density at radius 1 is 1.60 bits per heavy atom. The molecule has 4 nitrogen and oxygen atoms in total. The summed E-state index contributed by atoms with van der Waals surface area (Å²) >= 11 is 0. The number of nitro groups is 1. The fourth-order valence-corrected chi connectivity index (χ4v) is 0.917. The molecule has 15 heavy (non-hydrogen) atoms. The molecule has 0 spiro atoms. The minimum atomic E-state index is -0.915. The second-order valence-corrected chi connectivity index (χ2v) is 2.59. The summed E-state index contributed by atoms with van der Waals surface area (Å²) in [6.45, 7) is 1.79. The molecule has 0 aromatic heterocycles. The summed E-state index contributed by atoms with van der Waals surface area (Å²) < 4.78 is 18.1. The van der Waals surface area contributed by atoms with Crippen molar-refractivity contribution in [3.05, 3.63) is 34.1 Å². The van der Waals surface area contributed by atoms with Crippen LogP contribution in [0, 0.1) is 27.8 Å². The van der Waals surface area contributed by atoms with Gasteiger partial charge in [0.15, 0.2) is 0 Å². The molecule has 1 rings (SSSR count). The van der Waals surface area contributed by atoms with Crippen molar-refractivity contribution in [1.29, 1.82) is 0 Å². The van der Waals surface area contributed by atoms with Crippen LogP contribution in [0.3, 0.4) is 0 Å². The van der Waals surface area contributed by atoms with Crippen LogP contribution < -0.4 is 4.74 Å². The summed E-state index contributed by atoms with van der Waals surface area (Å²) in [6.07, 6.45) is 0. The van der Waals surface area contributed by atoms with Gasteiger partial charge in [0, 0.05) is 12.1 Å². The van der Waals surface area contributed by atoms with Crippen LogP contribution in [0.4, 0.5) is 10.1 Å². The highest BCUT2D eigenvalue weighted by molar-refractivity contribution is 5.38. The Bertz CT molecular complexity index is 434. The second kappa shape index (κ2) is 4.96. The van der Waals surface area contributed by atoms with E-state index < -0.39 is 16.4 Å². The number of hydrogen-bond acceptors (Lipinski definition) is 3. The summed E-state index contributed by atoms with van der Waals surface area (Å²) in [4.78, 5) is 9.51. The van der Waals surface area contributed by atoms with Crippen molar-refractivity contribution in [2.75, 3.05) is 6.61 Å². The molecule has 0 amide bonds. The summed E-state index contributed by atoms with van der Waals surface area (Å²) in [5.41, 5.74) is -0.566. The van der Waals surface area contributed by atoms with E-state index in [9.17, 15) is 14.5 Å². The van der Waals surface area contributed by atoms with E-state index in [-0.39, 0.29) is 12.4 Å². The predicted octanol–water partition coefficient (Wildman–Crippen LogP) is 2.14. The van der Waals surface area contributed by atoms with Gasteiger partial charge in [0.05, 0.1) is 4.92 Å². The highest BCUT2D eigenvalue weighted by Gasteiger charge is 2.13. The summed E-state index contributed by atoms with van der Waals surface area (Å²) in [5.74, 6) is 4.54. The summed E-state index contributed by atoms with van der Waals surface area (Å²) in [6, 6.07) is 3.36. The molecule has 0 saturated carbocycles. The number of nitrogens with zero attached hydrogens (tertiary/aromatic N) is 1. The zero-order chi connectivity index (χ0) is 11.3. The first-order valence-electron chi connectivity index (χ1n) is 4.11. The standard InChI is InChI=1S/C10H8FNO3/c1-2-3-6-15-8-4-5-10(12(13)14)9(11)7-8/h4-5,7H,6H2,1H3. The van der Waals surface area contributed by atoms with Crippen molar-refractivity contribution in [3.63, 3.8) is 0 Å². The van der Waals surface area contributed by atoms with Gasteiger partial charge >= 0.3 is 5.69 Å². The van der Waals surface area contributed by atoms with E-state index in [0.29, 0.717) is 0 Å². The van der Waals surface area contributed by atoms with Gasteiger partial charge in [0.1, 0.15) is 12.4 Å². The largest absolute Gasteiger partial charge is 0.481 e. The second-order valence-electron chi connectivity index (χ2n) is 2.59. The molecule has 0 aliphatic carbocycles. The molecule has 1 aromatic rings. The molecule has 0 aliphatic heterocycles. The van der Waals surface area contributed by atoms with Crippen molar-refractivity contribution in [2.45, 2.75) is 6.92 Å². The minimum Gasteiger partial charge on any atom is -0.481 e. The molecule has 0 heterocycles. The quantitative estimate of drug-likeness (QED) is 0.435. The molecule has 78 valence electrons. The first-order valence-corrected chi connectivity index (χ1v) is 4.11. The molecule has 0 aliphatic rings. The van der Waals surface area contributed by atoms with Crippen LogP contribution in [0.25, 0.3) is 0 Å². The van der Waals surface area contributed by atoms with Crippen molar-refractivity contribution < 1.29 is 14.1 Å². The van der Waals surface area contributed by atoms with Gasteiger partial charge in [-0.25, -0.2) is 0 Å². The minimum absolute atomic E-state index is 0.133. The van der Waals surface area contributed by atoms with E-state index >= 15 is 0 Å². The van der Waals surface area contributed by atoms with Gasteiger partial charge in [-0.15, -0.1) is 5.92 Å². The van der Waals surface area contributed by atoms with Crippen LogP contribution in [-0.4, -0.2) is 11.5 Å². The Labute approximate surface area is 85.8 Å². The molecule has 0 unspecified atom stereocenters. The lowest BCUT2D eigenvalue weighted by Crippen LogP contribution is -1.96. The third kappa shape index (κ3) is 2.95. The zero-order valence-electron chi connectivity index (χ0n) is 7.99. The zero-order valence-corrected chi connectivity index (χ0v) is 7.99. The number of hydrogen-bond donors (Lipinski definition) is 0. The van der Waals surface area contributed by atoms with Gasteiger partial charge in [0.25, 0.3) is 0 Å². The average Bonchev–Trinajstić information content (AvgIpc) is 2.17. The summed E-state index contributed by atoms with van der Waals surface area (Å²) in [7, 11) is 0. The van der Waals surface area contributed by atoms with Gasteiger partial charge in [0.2, 0.25) is 5.82 Å². The Morgan fingerprint density at radius 2 is 2.33 bits per heavy atom. The molecule has 0 bridgehead atoms. The van der Waals surface area contributed by atoms with Crippen molar-refractivity contribution in [1.82, 2.24) is 0 Å². The maximum Gasteiger partial charge on any atom is 0.305 e. The van der Waals surface area contributed by atoms with Crippen LogP contribution in [0.5, 0.6) is 5.75 Å². The van der Waals surface area contributed by atoms with Gasteiger partial charge in [-0.05, 0) is 13.0 Å². The Kier molecular flexibility index (Phi) is 3.63. The maximum absolute atomic E-state index is 13.1. The molecule has 0 atom stereocenters. The molecule has 0 fully saturated rings. The Hall–Kier alpha value is -2.09. The number of nitro benzene ring substituents is 1. The Balaban J connectivity index is 2.80. The van der Waals surface area contributed by atoms with E-state index in [2.05, 4.69) is 11.8 Å². The Morgan fingerprint density at radius 3 is 2.87 bits per heavy atom. The SMILES string of the molecule is CC#CCOc1ccc([N+](=O)[O-])c(F)c1. The smallest absolute Gasteiger partial charge is 0.305 e. The maximum atomic E-state index is 13.1. The van der Waals surface area contributed by atoms with Crippen LogP contribution in [0.2, 0.25) is 0 Å². The number of ether oxygens (including phenoxy) is 1. The first-order chi connectivity index (χ1) is 7.15. The van der Waals surface area contributed by atoms with Crippen LogP contribution in [-0.2, 0) is 0 Å².